The van der Waals surface area contributed by atoms with E-state index in [1.165, 1.54) is 0 Å². The van der Waals surface area contributed by atoms with E-state index in [1.54, 1.807) is 7.11 Å². The molecule has 0 aliphatic heterocycles. The van der Waals surface area contributed by atoms with Crippen molar-refractivity contribution in [1.29, 1.82) is 0 Å². The molecule has 3 aromatic rings. The largest absolute Gasteiger partial charge is 0.497 e. The standard InChI is InChI=1S/C24H27NO4/c1-4-28-21-9-11-22(12-10-21)29-14-13-25-24(26)17(2)18-5-6-20-16-23(27-3)8-7-19(20)15-18/h5-12,15-17H,4,13-14H2,1-3H3,(H,25,26)/t17-/m0/s1. The summed E-state index contributed by atoms with van der Waals surface area (Å²) < 4.78 is 16.3. The average Bonchev–Trinajstić information content (AvgIpc) is 2.76. The molecule has 0 spiro atoms. The molecule has 0 aliphatic rings. The highest BCUT2D eigenvalue weighted by Crippen LogP contribution is 2.25. The van der Waals surface area contributed by atoms with Gasteiger partial charge in [0.05, 0.1) is 26.2 Å². The van der Waals surface area contributed by atoms with Gasteiger partial charge in [0.1, 0.15) is 23.9 Å². The van der Waals surface area contributed by atoms with E-state index >= 15 is 0 Å². The Morgan fingerprint density at radius 1 is 0.897 bits per heavy atom. The zero-order valence-electron chi connectivity index (χ0n) is 17.1. The Hall–Kier alpha value is -3.21. The van der Waals surface area contributed by atoms with Crippen LogP contribution < -0.4 is 19.5 Å². The number of hydrogen-bond donors (Lipinski definition) is 1. The van der Waals surface area contributed by atoms with Crippen LogP contribution in [-0.2, 0) is 4.79 Å². The third-order valence-electron chi connectivity index (χ3n) is 4.77. The third-order valence-corrected chi connectivity index (χ3v) is 4.77. The van der Waals surface area contributed by atoms with Gasteiger partial charge in [0.25, 0.3) is 0 Å². The quantitative estimate of drug-likeness (QED) is 0.542. The summed E-state index contributed by atoms with van der Waals surface area (Å²) in [5, 5.41) is 5.11. The molecule has 0 saturated carbocycles. The van der Waals surface area contributed by atoms with Gasteiger partial charge in [-0.15, -0.1) is 0 Å². The maximum Gasteiger partial charge on any atom is 0.227 e. The molecule has 3 rings (SSSR count). The lowest BCUT2D eigenvalue weighted by Crippen LogP contribution is -2.31. The van der Waals surface area contributed by atoms with Crippen LogP contribution in [0.5, 0.6) is 17.2 Å². The van der Waals surface area contributed by atoms with Crippen LogP contribution in [0.3, 0.4) is 0 Å². The summed E-state index contributed by atoms with van der Waals surface area (Å²) in [7, 11) is 1.65. The number of rotatable bonds is 9. The SMILES string of the molecule is CCOc1ccc(OCCNC(=O)[C@@H](C)c2ccc3cc(OC)ccc3c2)cc1. The molecular weight excluding hydrogens is 366 g/mol. The van der Waals surface area contributed by atoms with E-state index in [9.17, 15) is 4.79 Å². The zero-order chi connectivity index (χ0) is 20.6. The summed E-state index contributed by atoms with van der Waals surface area (Å²) in [5.41, 5.74) is 0.979. The van der Waals surface area contributed by atoms with Crippen molar-refractivity contribution in [2.75, 3.05) is 26.9 Å². The Labute approximate surface area is 171 Å². The van der Waals surface area contributed by atoms with Crippen molar-refractivity contribution in [2.45, 2.75) is 19.8 Å². The van der Waals surface area contributed by atoms with E-state index in [2.05, 4.69) is 11.4 Å². The van der Waals surface area contributed by atoms with Gasteiger partial charge in [0.2, 0.25) is 5.91 Å². The lowest BCUT2D eigenvalue weighted by Gasteiger charge is -2.14. The minimum absolute atomic E-state index is 0.0202. The molecule has 0 aliphatic carbocycles. The number of carbonyl (C=O) groups excluding carboxylic acids is 1. The fraction of sp³-hybridized carbons (Fsp3) is 0.292. The van der Waals surface area contributed by atoms with Crippen LogP contribution in [0, 0.1) is 0 Å². The highest BCUT2D eigenvalue weighted by molar-refractivity contribution is 5.88. The maximum atomic E-state index is 12.5. The number of carbonyl (C=O) groups is 1. The molecule has 0 aromatic heterocycles. The topological polar surface area (TPSA) is 56.8 Å². The van der Waals surface area contributed by atoms with Crippen LogP contribution in [0.25, 0.3) is 10.8 Å². The van der Waals surface area contributed by atoms with Gasteiger partial charge in [-0.1, -0.05) is 24.3 Å². The van der Waals surface area contributed by atoms with Gasteiger partial charge >= 0.3 is 0 Å². The highest BCUT2D eigenvalue weighted by Gasteiger charge is 2.15. The molecule has 29 heavy (non-hydrogen) atoms. The predicted octanol–water partition coefficient (Wildman–Crippen LogP) is 4.55. The van der Waals surface area contributed by atoms with Crippen molar-refractivity contribution in [3.05, 3.63) is 66.2 Å². The van der Waals surface area contributed by atoms with Gasteiger partial charge in [-0.05, 0) is 66.6 Å². The zero-order valence-corrected chi connectivity index (χ0v) is 17.1. The molecule has 0 radical (unpaired) electrons. The normalized spacial score (nSPS) is 11.7. The van der Waals surface area contributed by atoms with Gasteiger partial charge < -0.3 is 19.5 Å². The van der Waals surface area contributed by atoms with Gasteiger partial charge in [-0.25, -0.2) is 0 Å². The number of amides is 1. The minimum Gasteiger partial charge on any atom is -0.497 e. The molecule has 5 heteroatoms. The number of nitrogens with one attached hydrogen (secondary N) is 1. The van der Waals surface area contributed by atoms with Crippen molar-refractivity contribution in [3.8, 4) is 17.2 Å². The first-order valence-corrected chi connectivity index (χ1v) is 9.81. The molecule has 0 saturated heterocycles. The van der Waals surface area contributed by atoms with Crippen molar-refractivity contribution in [3.63, 3.8) is 0 Å². The molecule has 152 valence electrons. The summed E-state index contributed by atoms with van der Waals surface area (Å²) >= 11 is 0. The molecule has 1 atom stereocenters. The molecular formula is C24H27NO4. The predicted molar refractivity (Wildman–Crippen MR) is 115 cm³/mol. The molecule has 3 aromatic carbocycles. The van der Waals surface area contributed by atoms with Crippen molar-refractivity contribution in [1.82, 2.24) is 5.32 Å². The van der Waals surface area contributed by atoms with E-state index in [4.69, 9.17) is 14.2 Å². The second kappa shape index (κ2) is 9.82. The first-order valence-electron chi connectivity index (χ1n) is 9.81. The van der Waals surface area contributed by atoms with E-state index in [1.807, 2.05) is 68.4 Å². The fourth-order valence-electron chi connectivity index (χ4n) is 3.08. The number of methoxy groups -OCH3 is 1. The first-order chi connectivity index (χ1) is 14.1. The number of hydrogen-bond acceptors (Lipinski definition) is 4. The van der Waals surface area contributed by atoms with Gasteiger partial charge in [0, 0.05) is 0 Å². The van der Waals surface area contributed by atoms with E-state index in [0.29, 0.717) is 19.8 Å². The monoisotopic (exact) mass is 393 g/mol. The number of ether oxygens (including phenoxy) is 3. The average molecular weight is 393 g/mol. The molecule has 0 bridgehead atoms. The van der Waals surface area contributed by atoms with E-state index in [0.717, 1.165) is 33.6 Å². The Bertz CT molecular complexity index is 953. The third kappa shape index (κ3) is 5.41. The maximum absolute atomic E-state index is 12.5. The van der Waals surface area contributed by atoms with Crippen LogP contribution in [-0.4, -0.2) is 32.8 Å². The first kappa shape index (κ1) is 20.5. The smallest absolute Gasteiger partial charge is 0.227 e. The van der Waals surface area contributed by atoms with Crippen LogP contribution in [0.2, 0.25) is 0 Å². The van der Waals surface area contributed by atoms with Crippen LogP contribution >= 0.6 is 0 Å². The molecule has 1 amide bonds. The summed E-state index contributed by atoms with van der Waals surface area (Å²) in [6.07, 6.45) is 0. The van der Waals surface area contributed by atoms with Crippen LogP contribution in [0.1, 0.15) is 25.3 Å². The number of fused-ring (bicyclic) bond motifs is 1. The summed E-state index contributed by atoms with van der Waals surface area (Å²) in [6, 6.07) is 19.4. The van der Waals surface area contributed by atoms with Crippen molar-refractivity contribution >= 4 is 16.7 Å². The Kier molecular flexibility index (Phi) is 6.95. The Balaban J connectivity index is 1.50. The lowest BCUT2D eigenvalue weighted by atomic mass is 9.97. The van der Waals surface area contributed by atoms with Gasteiger partial charge in [0.15, 0.2) is 0 Å². The Morgan fingerprint density at radius 2 is 1.52 bits per heavy atom. The van der Waals surface area contributed by atoms with Crippen LogP contribution in [0.15, 0.2) is 60.7 Å². The van der Waals surface area contributed by atoms with Gasteiger partial charge in [-0.3, -0.25) is 4.79 Å². The second-order valence-electron chi connectivity index (χ2n) is 6.74. The summed E-state index contributed by atoms with van der Waals surface area (Å²) in [4.78, 5) is 12.5. The number of benzene rings is 3. The van der Waals surface area contributed by atoms with Gasteiger partial charge in [-0.2, -0.15) is 0 Å². The van der Waals surface area contributed by atoms with Crippen LogP contribution in [0.4, 0.5) is 0 Å². The van der Waals surface area contributed by atoms with Crippen molar-refractivity contribution in [2.24, 2.45) is 0 Å². The molecule has 5 nitrogen and oxygen atoms in total. The molecule has 0 fully saturated rings. The minimum atomic E-state index is -0.244. The fourth-order valence-corrected chi connectivity index (χ4v) is 3.08. The summed E-state index contributed by atoms with van der Waals surface area (Å²) in [6.45, 7) is 5.34. The molecule has 0 heterocycles. The van der Waals surface area contributed by atoms with Crippen molar-refractivity contribution < 1.29 is 19.0 Å². The summed E-state index contributed by atoms with van der Waals surface area (Å²) in [5.74, 6) is 2.13. The highest BCUT2D eigenvalue weighted by atomic mass is 16.5. The van der Waals surface area contributed by atoms with E-state index in [-0.39, 0.29) is 11.8 Å². The second-order valence-corrected chi connectivity index (χ2v) is 6.74. The molecule has 1 N–H and O–H groups in total. The Morgan fingerprint density at radius 3 is 2.21 bits per heavy atom. The molecule has 0 unspecified atom stereocenters. The lowest BCUT2D eigenvalue weighted by molar-refractivity contribution is -0.122. The van der Waals surface area contributed by atoms with E-state index < -0.39 is 0 Å².